The molecular formula is C17H19N3O5S. The zero-order valence-corrected chi connectivity index (χ0v) is 15.2. The Labute approximate surface area is 151 Å². The van der Waals surface area contributed by atoms with E-state index in [2.05, 4.69) is 9.82 Å². The summed E-state index contributed by atoms with van der Waals surface area (Å²) in [4.78, 5) is 12.3. The van der Waals surface area contributed by atoms with Crippen LogP contribution < -0.4 is 4.72 Å². The van der Waals surface area contributed by atoms with Crippen LogP contribution in [0.25, 0.3) is 0 Å². The van der Waals surface area contributed by atoms with Gasteiger partial charge in [-0.1, -0.05) is 12.1 Å². The van der Waals surface area contributed by atoms with Crippen molar-refractivity contribution in [2.24, 2.45) is 5.10 Å². The van der Waals surface area contributed by atoms with E-state index >= 15 is 0 Å². The molecule has 0 saturated heterocycles. The highest BCUT2D eigenvalue weighted by molar-refractivity contribution is 7.92. The molecule has 0 aliphatic carbocycles. The molecule has 2 heterocycles. The Kier molecular flexibility index (Phi) is 5.10. The summed E-state index contributed by atoms with van der Waals surface area (Å²) in [6.45, 7) is -0.0782. The number of benzene rings is 1. The topological polar surface area (TPSA) is 101 Å². The van der Waals surface area contributed by atoms with E-state index in [9.17, 15) is 13.2 Å². The highest BCUT2D eigenvalue weighted by atomic mass is 32.2. The number of ether oxygens (including phenoxy) is 1. The minimum Gasteiger partial charge on any atom is -0.467 e. The number of methoxy groups -OCH3 is 1. The molecule has 1 amide bonds. The SMILES string of the molecule is COCC(=O)N1N=C(c2ccc(NS(C)(=O)=O)cc2)C[C@H]1c1ccco1. The van der Waals surface area contributed by atoms with Gasteiger partial charge in [-0.25, -0.2) is 13.4 Å². The van der Waals surface area contributed by atoms with Crippen molar-refractivity contribution in [1.82, 2.24) is 5.01 Å². The first-order chi connectivity index (χ1) is 12.4. The van der Waals surface area contributed by atoms with E-state index in [4.69, 9.17) is 9.15 Å². The molecule has 1 aromatic carbocycles. The van der Waals surface area contributed by atoms with E-state index < -0.39 is 10.0 Å². The summed E-state index contributed by atoms with van der Waals surface area (Å²) in [7, 11) is -1.88. The lowest BCUT2D eigenvalue weighted by Gasteiger charge is -2.19. The van der Waals surface area contributed by atoms with E-state index in [-0.39, 0.29) is 18.6 Å². The maximum Gasteiger partial charge on any atom is 0.269 e. The highest BCUT2D eigenvalue weighted by Crippen LogP contribution is 2.33. The standard InChI is InChI=1S/C17H19N3O5S/c1-24-11-17(21)20-15(16-4-3-9-25-16)10-14(18-20)12-5-7-13(8-6-12)19-26(2,22)23/h3-9,15,19H,10-11H2,1-2H3/t15-/m0/s1. The Balaban J connectivity index is 1.85. The van der Waals surface area contributed by atoms with Crippen molar-refractivity contribution in [3.05, 3.63) is 54.0 Å². The van der Waals surface area contributed by atoms with Crippen molar-refractivity contribution in [3.8, 4) is 0 Å². The van der Waals surface area contributed by atoms with E-state index in [0.717, 1.165) is 11.8 Å². The second-order valence-corrected chi connectivity index (χ2v) is 7.65. The predicted molar refractivity (Wildman–Crippen MR) is 96.2 cm³/mol. The molecule has 1 N–H and O–H groups in total. The zero-order chi connectivity index (χ0) is 18.7. The summed E-state index contributed by atoms with van der Waals surface area (Å²) in [5.41, 5.74) is 1.97. The van der Waals surface area contributed by atoms with Crippen LogP contribution in [0.4, 0.5) is 5.69 Å². The third-order valence-corrected chi connectivity index (χ3v) is 4.43. The lowest BCUT2D eigenvalue weighted by Crippen LogP contribution is -2.29. The van der Waals surface area contributed by atoms with Crippen LogP contribution in [0.15, 0.2) is 52.2 Å². The molecule has 1 aliphatic rings. The fourth-order valence-electron chi connectivity index (χ4n) is 2.75. The first kappa shape index (κ1) is 18.2. The number of rotatable bonds is 6. The Hall–Kier alpha value is -2.65. The molecule has 0 fully saturated rings. The molecular weight excluding hydrogens is 358 g/mol. The fourth-order valence-corrected chi connectivity index (χ4v) is 3.32. The molecule has 0 bridgehead atoms. The van der Waals surface area contributed by atoms with Crippen LogP contribution in [0.3, 0.4) is 0 Å². The van der Waals surface area contributed by atoms with E-state index in [1.807, 2.05) is 0 Å². The van der Waals surface area contributed by atoms with Crippen LogP contribution >= 0.6 is 0 Å². The van der Waals surface area contributed by atoms with Crippen molar-refractivity contribution in [2.45, 2.75) is 12.5 Å². The number of carbonyl (C=O) groups excluding carboxylic acids is 1. The largest absolute Gasteiger partial charge is 0.467 e. The van der Waals surface area contributed by atoms with Gasteiger partial charge in [0.2, 0.25) is 10.0 Å². The number of hydrogen-bond donors (Lipinski definition) is 1. The summed E-state index contributed by atoms with van der Waals surface area (Å²) in [6.07, 6.45) is 3.13. The molecule has 1 aromatic heterocycles. The van der Waals surface area contributed by atoms with Gasteiger partial charge in [-0.3, -0.25) is 9.52 Å². The van der Waals surface area contributed by atoms with Gasteiger partial charge < -0.3 is 9.15 Å². The predicted octanol–water partition coefficient (Wildman–Crippen LogP) is 1.98. The van der Waals surface area contributed by atoms with Crippen LogP contribution in [0.2, 0.25) is 0 Å². The molecule has 8 nitrogen and oxygen atoms in total. The number of carbonyl (C=O) groups is 1. The van der Waals surface area contributed by atoms with Crippen molar-refractivity contribution < 1.29 is 22.4 Å². The Morgan fingerprint density at radius 1 is 1.35 bits per heavy atom. The summed E-state index contributed by atoms with van der Waals surface area (Å²) >= 11 is 0. The van der Waals surface area contributed by atoms with E-state index in [1.165, 1.54) is 12.1 Å². The van der Waals surface area contributed by atoms with Gasteiger partial charge in [0.05, 0.1) is 18.2 Å². The smallest absolute Gasteiger partial charge is 0.269 e. The molecule has 3 rings (SSSR count). The number of sulfonamides is 1. The Morgan fingerprint density at radius 2 is 2.08 bits per heavy atom. The molecule has 1 atom stereocenters. The molecule has 0 radical (unpaired) electrons. The van der Waals surface area contributed by atoms with Gasteiger partial charge in [0, 0.05) is 19.2 Å². The van der Waals surface area contributed by atoms with Crippen molar-refractivity contribution >= 4 is 27.3 Å². The van der Waals surface area contributed by atoms with Crippen molar-refractivity contribution in [1.29, 1.82) is 0 Å². The normalized spacial score (nSPS) is 17.2. The minimum atomic E-state index is -3.33. The van der Waals surface area contributed by atoms with Gasteiger partial charge in [-0.15, -0.1) is 0 Å². The van der Waals surface area contributed by atoms with E-state index in [1.54, 1.807) is 42.7 Å². The number of amides is 1. The second-order valence-electron chi connectivity index (χ2n) is 5.90. The van der Waals surface area contributed by atoms with Crippen LogP contribution in [-0.4, -0.2) is 45.0 Å². The lowest BCUT2D eigenvalue weighted by molar-refractivity contribution is -0.137. The first-order valence-electron chi connectivity index (χ1n) is 7.87. The van der Waals surface area contributed by atoms with Gasteiger partial charge in [0.25, 0.3) is 5.91 Å². The van der Waals surface area contributed by atoms with Crippen LogP contribution in [-0.2, 0) is 19.6 Å². The molecule has 0 unspecified atom stereocenters. The quantitative estimate of drug-likeness (QED) is 0.829. The maximum atomic E-state index is 12.3. The average Bonchev–Trinajstić information content (AvgIpc) is 3.23. The van der Waals surface area contributed by atoms with Crippen molar-refractivity contribution in [2.75, 3.05) is 24.7 Å². The molecule has 1 aliphatic heterocycles. The Bertz CT molecular complexity index is 904. The molecule has 2 aromatic rings. The number of hydrazone groups is 1. The third kappa shape index (κ3) is 4.12. The van der Waals surface area contributed by atoms with Crippen LogP contribution in [0.5, 0.6) is 0 Å². The number of furan rings is 1. The maximum absolute atomic E-state index is 12.3. The fraction of sp³-hybridized carbons (Fsp3) is 0.294. The number of anilines is 1. The van der Waals surface area contributed by atoms with Gasteiger partial charge >= 0.3 is 0 Å². The van der Waals surface area contributed by atoms with Crippen LogP contribution in [0, 0.1) is 0 Å². The molecule has 138 valence electrons. The molecule has 0 saturated carbocycles. The minimum absolute atomic E-state index is 0.0782. The number of hydrogen-bond acceptors (Lipinski definition) is 6. The summed E-state index contributed by atoms with van der Waals surface area (Å²) < 4.78 is 35.4. The average molecular weight is 377 g/mol. The summed E-state index contributed by atoms with van der Waals surface area (Å²) in [5.74, 6) is 0.378. The Morgan fingerprint density at radius 3 is 2.65 bits per heavy atom. The summed E-state index contributed by atoms with van der Waals surface area (Å²) in [5, 5.41) is 5.82. The van der Waals surface area contributed by atoms with Gasteiger partial charge in [0.1, 0.15) is 18.4 Å². The molecule has 9 heteroatoms. The van der Waals surface area contributed by atoms with Gasteiger partial charge in [0.15, 0.2) is 0 Å². The van der Waals surface area contributed by atoms with Crippen LogP contribution in [0.1, 0.15) is 23.8 Å². The lowest BCUT2D eigenvalue weighted by atomic mass is 10.0. The summed E-state index contributed by atoms with van der Waals surface area (Å²) in [6, 6.07) is 10.1. The highest BCUT2D eigenvalue weighted by Gasteiger charge is 2.34. The van der Waals surface area contributed by atoms with Gasteiger partial charge in [-0.05, 0) is 29.8 Å². The van der Waals surface area contributed by atoms with Gasteiger partial charge in [-0.2, -0.15) is 5.10 Å². The third-order valence-electron chi connectivity index (χ3n) is 3.83. The molecule has 0 spiro atoms. The zero-order valence-electron chi connectivity index (χ0n) is 14.4. The van der Waals surface area contributed by atoms with E-state index in [0.29, 0.717) is 23.6 Å². The molecule has 26 heavy (non-hydrogen) atoms. The first-order valence-corrected chi connectivity index (χ1v) is 9.76. The second kappa shape index (κ2) is 7.30. The number of nitrogens with one attached hydrogen (secondary N) is 1. The number of nitrogens with zero attached hydrogens (tertiary/aromatic N) is 2. The monoisotopic (exact) mass is 377 g/mol. The van der Waals surface area contributed by atoms with Crippen molar-refractivity contribution in [3.63, 3.8) is 0 Å².